The Labute approximate surface area is 124 Å². The Hall–Kier alpha value is -1.62. The number of halogens is 1. The van der Waals surface area contributed by atoms with Crippen molar-refractivity contribution < 1.29 is 9.18 Å². The number of amides is 1. The highest BCUT2D eigenvalue weighted by Crippen LogP contribution is 2.32. The summed E-state index contributed by atoms with van der Waals surface area (Å²) in [6, 6.07) is 3.48. The minimum Gasteiger partial charge on any atom is -0.380 e. The molecule has 0 aromatic heterocycles. The third kappa shape index (κ3) is 3.02. The quantitative estimate of drug-likeness (QED) is 0.802. The number of nitrogens with one attached hydrogen (secondary N) is 2. The van der Waals surface area contributed by atoms with Gasteiger partial charge in [0.25, 0.3) is 0 Å². The smallest absolute Gasteiger partial charge is 0.224 e. The number of rotatable bonds is 3. The Morgan fingerprint density at radius 2 is 2.10 bits per heavy atom. The first-order valence-electron chi connectivity index (χ1n) is 7.76. The van der Waals surface area contributed by atoms with Crippen LogP contribution in [-0.2, 0) is 11.2 Å². The van der Waals surface area contributed by atoms with E-state index in [1.165, 1.54) is 12.5 Å². The normalized spacial score (nSPS) is 25.1. The van der Waals surface area contributed by atoms with Crippen molar-refractivity contribution in [3.63, 3.8) is 0 Å². The second-order valence-corrected chi connectivity index (χ2v) is 6.07. The van der Waals surface area contributed by atoms with Crippen LogP contribution >= 0.6 is 0 Å². The largest absolute Gasteiger partial charge is 0.380 e. The van der Waals surface area contributed by atoms with Crippen LogP contribution in [0.2, 0.25) is 0 Å². The Kier molecular flexibility index (Phi) is 4.10. The van der Waals surface area contributed by atoms with Gasteiger partial charge in [-0.05, 0) is 49.4 Å². The number of nitrogens with two attached hydrogens (primary N) is 1. The van der Waals surface area contributed by atoms with Gasteiger partial charge >= 0.3 is 0 Å². The molecule has 1 aliphatic heterocycles. The van der Waals surface area contributed by atoms with E-state index in [4.69, 9.17) is 5.73 Å². The average molecular weight is 291 g/mol. The molecular weight excluding hydrogens is 269 g/mol. The molecule has 1 aromatic carbocycles. The van der Waals surface area contributed by atoms with Gasteiger partial charge in [-0.2, -0.15) is 0 Å². The third-order valence-electron chi connectivity index (χ3n) is 4.64. The molecule has 1 fully saturated rings. The zero-order chi connectivity index (χ0) is 14.8. The Balaban J connectivity index is 1.81. The van der Waals surface area contributed by atoms with Crippen LogP contribution in [0.4, 0.5) is 15.8 Å². The first-order chi connectivity index (χ1) is 10.2. The van der Waals surface area contributed by atoms with Gasteiger partial charge < -0.3 is 16.4 Å². The minimum absolute atomic E-state index is 0.00226. The summed E-state index contributed by atoms with van der Waals surface area (Å²) in [5.41, 5.74) is 7.90. The lowest BCUT2D eigenvalue weighted by atomic mass is 9.84. The van der Waals surface area contributed by atoms with Crippen LogP contribution in [-0.4, -0.2) is 18.5 Å². The average Bonchev–Trinajstić information content (AvgIpc) is 2.49. The van der Waals surface area contributed by atoms with Crippen LogP contribution in [0, 0.1) is 11.7 Å². The fourth-order valence-electron chi connectivity index (χ4n) is 3.39. The van der Waals surface area contributed by atoms with Crippen LogP contribution < -0.4 is 16.4 Å². The standard InChI is InChI=1S/C16H22FN3O/c17-12-7-10-5-6-16(21)20-14(10)8-15(12)19-13-4-2-1-3-11(13)9-18/h7-8,11,13,19H,1-6,9,18H2,(H,20,21). The van der Waals surface area contributed by atoms with Crippen LogP contribution in [0.15, 0.2) is 12.1 Å². The number of anilines is 2. The van der Waals surface area contributed by atoms with Crippen molar-refractivity contribution >= 4 is 17.3 Å². The van der Waals surface area contributed by atoms with Crippen LogP contribution in [0.5, 0.6) is 0 Å². The maximum Gasteiger partial charge on any atom is 0.224 e. The van der Waals surface area contributed by atoms with Crippen LogP contribution in [0.3, 0.4) is 0 Å². The molecule has 1 aromatic rings. The zero-order valence-corrected chi connectivity index (χ0v) is 12.1. The molecule has 2 atom stereocenters. The van der Waals surface area contributed by atoms with E-state index in [1.807, 2.05) is 0 Å². The zero-order valence-electron chi connectivity index (χ0n) is 12.1. The van der Waals surface area contributed by atoms with Crippen molar-refractivity contribution in [3.05, 3.63) is 23.5 Å². The topological polar surface area (TPSA) is 67.1 Å². The van der Waals surface area contributed by atoms with Gasteiger partial charge in [-0.25, -0.2) is 4.39 Å². The summed E-state index contributed by atoms with van der Waals surface area (Å²) in [5.74, 6) is 0.146. The van der Waals surface area contributed by atoms with Gasteiger partial charge in [0.05, 0.1) is 5.69 Å². The Morgan fingerprint density at radius 1 is 1.29 bits per heavy atom. The van der Waals surface area contributed by atoms with Gasteiger partial charge in [-0.1, -0.05) is 12.8 Å². The van der Waals surface area contributed by atoms with E-state index in [2.05, 4.69) is 10.6 Å². The molecule has 5 heteroatoms. The first-order valence-corrected chi connectivity index (χ1v) is 7.76. The van der Waals surface area contributed by atoms with Crippen molar-refractivity contribution in [3.8, 4) is 0 Å². The summed E-state index contributed by atoms with van der Waals surface area (Å²) < 4.78 is 14.3. The van der Waals surface area contributed by atoms with E-state index < -0.39 is 0 Å². The van der Waals surface area contributed by atoms with Crippen molar-refractivity contribution in [2.24, 2.45) is 11.7 Å². The van der Waals surface area contributed by atoms with E-state index in [9.17, 15) is 9.18 Å². The van der Waals surface area contributed by atoms with Crippen LogP contribution in [0.1, 0.15) is 37.7 Å². The summed E-state index contributed by atoms with van der Waals surface area (Å²) >= 11 is 0. The molecule has 0 bridgehead atoms. The van der Waals surface area contributed by atoms with Crippen molar-refractivity contribution in [1.82, 2.24) is 0 Å². The third-order valence-corrected chi connectivity index (χ3v) is 4.64. The number of hydrogen-bond donors (Lipinski definition) is 3. The van der Waals surface area contributed by atoms with Crippen molar-refractivity contribution in [2.75, 3.05) is 17.2 Å². The molecule has 1 aliphatic carbocycles. The van der Waals surface area contributed by atoms with Gasteiger partial charge in [-0.3, -0.25) is 4.79 Å². The number of carbonyl (C=O) groups is 1. The summed E-state index contributed by atoms with van der Waals surface area (Å²) in [4.78, 5) is 11.5. The Morgan fingerprint density at radius 3 is 2.90 bits per heavy atom. The number of hydrogen-bond acceptors (Lipinski definition) is 3. The molecule has 3 rings (SSSR count). The van der Waals surface area contributed by atoms with Crippen molar-refractivity contribution in [2.45, 2.75) is 44.6 Å². The van der Waals surface area contributed by atoms with Crippen LogP contribution in [0.25, 0.3) is 0 Å². The van der Waals surface area contributed by atoms with Gasteiger partial charge in [0.2, 0.25) is 5.91 Å². The van der Waals surface area contributed by atoms with E-state index in [-0.39, 0.29) is 17.8 Å². The molecule has 2 unspecified atom stereocenters. The molecule has 2 aliphatic rings. The molecule has 4 nitrogen and oxygen atoms in total. The highest BCUT2D eigenvalue weighted by Gasteiger charge is 2.25. The fourth-order valence-corrected chi connectivity index (χ4v) is 3.39. The molecule has 21 heavy (non-hydrogen) atoms. The monoisotopic (exact) mass is 291 g/mol. The maximum atomic E-state index is 14.3. The molecule has 1 saturated carbocycles. The van der Waals surface area contributed by atoms with E-state index >= 15 is 0 Å². The number of fused-ring (bicyclic) bond motifs is 1. The van der Waals surface area contributed by atoms with Gasteiger partial charge in [0.1, 0.15) is 5.82 Å². The van der Waals surface area contributed by atoms with E-state index in [0.717, 1.165) is 30.5 Å². The molecule has 4 N–H and O–H groups in total. The summed E-state index contributed by atoms with van der Waals surface area (Å²) in [6.07, 6.45) is 5.49. The lowest BCUT2D eigenvalue weighted by Gasteiger charge is -2.32. The van der Waals surface area contributed by atoms with Crippen molar-refractivity contribution in [1.29, 1.82) is 0 Å². The molecule has 0 radical (unpaired) electrons. The van der Waals surface area contributed by atoms with E-state index in [0.29, 0.717) is 31.0 Å². The Bertz CT molecular complexity index is 547. The SMILES string of the molecule is NCC1CCCCC1Nc1cc2c(cc1F)CCC(=O)N2. The summed E-state index contributed by atoms with van der Waals surface area (Å²) in [5, 5.41) is 6.13. The lowest BCUT2D eigenvalue weighted by Crippen LogP contribution is -2.37. The molecule has 0 saturated heterocycles. The lowest BCUT2D eigenvalue weighted by molar-refractivity contribution is -0.116. The summed E-state index contributed by atoms with van der Waals surface area (Å²) in [7, 11) is 0. The van der Waals surface area contributed by atoms with E-state index in [1.54, 1.807) is 6.07 Å². The molecule has 1 amide bonds. The number of benzene rings is 1. The highest BCUT2D eigenvalue weighted by atomic mass is 19.1. The highest BCUT2D eigenvalue weighted by molar-refractivity contribution is 5.94. The second-order valence-electron chi connectivity index (χ2n) is 6.07. The van der Waals surface area contributed by atoms with Gasteiger partial charge in [-0.15, -0.1) is 0 Å². The number of aryl methyl sites for hydroxylation is 1. The predicted octanol–water partition coefficient (Wildman–Crippen LogP) is 2.64. The molecular formula is C16H22FN3O. The maximum absolute atomic E-state index is 14.3. The summed E-state index contributed by atoms with van der Waals surface area (Å²) in [6.45, 7) is 0.626. The second kappa shape index (κ2) is 6.02. The fraction of sp³-hybridized carbons (Fsp3) is 0.562. The predicted molar refractivity (Wildman–Crippen MR) is 81.8 cm³/mol. The molecule has 0 spiro atoms. The molecule has 114 valence electrons. The minimum atomic E-state index is -0.244. The molecule has 1 heterocycles. The van der Waals surface area contributed by atoms with Gasteiger partial charge in [0.15, 0.2) is 0 Å². The number of carbonyl (C=O) groups excluding carboxylic acids is 1. The first kappa shape index (κ1) is 14.3. The van der Waals surface area contributed by atoms with Gasteiger partial charge in [0, 0.05) is 18.2 Å².